The first-order chi connectivity index (χ1) is 13.5. The van der Waals surface area contributed by atoms with E-state index in [9.17, 15) is 32.9 Å². The highest BCUT2D eigenvalue weighted by molar-refractivity contribution is 5.98. The number of hydrogen-bond donors (Lipinski definition) is 1. The summed E-state index contributed by atoms with van der Waals surface area (Å²) in [6, 6.07) is 7.77. The van der Waals surface area contributed by atoms with Gasteiger partial charge in [0.2, 0.25) is 0 Å². The number of carbonyl (C=O) groups is 2. The number of esters is 1. The SMILES string of the molecule is COc1cccc(C(=O)O[C@@H](C)C(=O)Nc2ccc([N+](=O)[O-])cc2C(F)(F)F)c1. The minimum Gasteiger partial charge on any atom is -0.497 e. The van der Waals surface area contributed by atoms with Crippen molar-refractivity contribution in [1.82, 2.24) is 0 Å². The quantitative estimate of drug-likeness (QED) is 0.439. The monoisotopic (exact) mass is 412 g/mol. The van der Waals surface area contributed by atoms with Crippen LogP contribution < -0.4 is 10.1 Å². The summed E-state index contributed by atoms with van der Waals surface area (Å²) in [4.78, 5) is 34.0. The lowest BCUT2D eigenvalue weighted by Crippen LogP contribution is -2.30. The Labute approximate surface area is 162 Å². The third-order valence-corrected chi connectivity index (χ3v) is 3.74. The highest BCUT2D eigenvalue weighted by Crippen LogP contribution is 2.37. The number of ether oxygens (including phenoxy) is 2. The van der Waals surface area contributed by atoms with Gasteiger partial charge >= 0.3 is 12.1 Å². The minimum absolute atomic E-state index is 0.0790. The maximum Gasteiger partial charge on any atom is 0.418 e. The molecule has 2 rings (SSSR count). The van der Waals surface area contributed by atoms with E-state index in [1.165, 1.54) is 32.2 Å². The molecule has 0 aliphatic rings. The van der Waals surface area contributed by atoms with Gasteiger partial charge in [-0.25, -0.2) is 4.79 Å². The molecule has 0 heterocycles. The maximum atomic E-state index is 13.2. The van der Waals surface area contributed by atoms with Gasteiger partial charge in [-0.1, -0.05) is 6.07 Å². The summed E-state index contributed by atoms with van der Waals surface area (Å²) in [5, 5.41) is 12.7. The first-order valence-corrected chi connectivity index (χ1v) is 8.04. The molecule has 0 aliphatic heterocycles. The highest BCUT2D eigenvalue weighted by atomic mass is 19.4. The van der Waals surface area contributed by atoms with Gasteiger partial charge in [0.1, 0.15) is 5.75 Å². The first kappa shape index (κ1) is 21.7. The summed E-state index contributed by atoms with van der Waals surface area (Å²) in [6.45, 7) is 1.17. The zero-order valence-electron chi connectivity index (χ0n) is 15.1. The second-order valence-corrected chi connectivity index (χ2v) is 5.75. The van der Waals surface area contributed by atoms with Gasteiger partial charge in [0.15, 0.2) is 6.10 Å². The molecule has 11 heteroatoms. The van der Waals surface area contributed by atoms with Crippen LogP contribution in [0.25, 0.3) is 0 Å². The van der Waals surface area contributed by atoms with Gasteiger partial charge in [-0.15, -0.1) is 0 Å². The number of amides is 1. The summed E-state index contributed by atoms with van der Waals surface area (Å²) in [6.07, 6.45) is -6.39. The van der Waals surface area contributed by atoms with Crippen LogP contribution >= 0.6 is 0 Å². The number of rotatable bonds is 6. The van der Waals surface area contributed by atoms with Crippen LogP contribution in [0.2, 0.25) is 0 Å². The van der Waals surface area contributed by atoms with E-state index in [2.05, 4.69) is 0 Å². The Kier molecular flexibility index (Phi) is 6.42. The van der Waals surface area contributed by atoms with Gasteiger partial charge in [-0.05, 0) is 31.2 Å². The third kappa shape index (κ3) is 5.43. The van der Waals surface area contributed by atoms with E-state index in [1.54, 1.807) is 6.07 Å². The third-order valence-electron chi connectivity index (χ3n) is 3.74. The van der Waals surface area contributed by atoms with Gasteiger partial charge in [0, 0.05) is 12.1 Å². The second-order valence-electron chi connectivity index (χ2n) is 5.75. The van der Waals surface area contributed by atoms with Crippen molar-refractivity contribution in [2.24, 2.45) is 0 Å². The summed E-state index contributed by atoms with van der Waals surface area (Å²) in [7, 11) is 1.39. The van der Waals surface area contributed by atoms with E-state index < -0.39 is 46.0 Å². The number of anilines is 1. The summed E-state index contributed by atoms with van der Waals surface area (Å²) in [5.41, 5.74) is -2.80. The predicted molar refractivity (Wildman–Crippen MR) is 94.6 cm³/mol. The number of nitrogens with one attached hydrogen (secondary N) is 1. The van der Waals surface area contributed by atoms with Crippen molar-refractivity contribution in [3.8, 4) is 5.75 Å². The average Bonchev–Trinajstić information content (AvgIpc) is 2.67. The van der Waals surface area contributed by atoms with Crippen LogP contribution in [0.15, 0.2) is 42.5 Å². The van der Waals surface area contributed by atoms with Gasteiger partial charge in [0.25, 0.3) is 11.6 Å². The normalized spacial score (nSPS) is 12.0. The number of alkyl halides is 3. The number of hydrogen-bond acceptors (Lipinski definition) is 6. The topological polar surface area (TPSA) is 108 Å². The fourth-order valence-corrected chi connectivity index (χ4v) is 2.26. The van der Waals surface area contributed by atoms with Crippen LogP contribution in [0.4, 0.5) is 24.5 Å². The smallest absolute Gasteiger partial charge is 0.418 e. The summed E-state index contributed by atoms with van der Waals surface area (Å²) < 4.78 is 49.5. The molecule has 0 fully saturated rings. The number of benzene rings is 2. The molecule has 0 saturated heterocycles. The standard InChI is InChI=1S/C18H15F3N2O6/c1-10(29-17(25)11-4-3-5-13(8-11)28-2)16(24)22-15-7-6-12(23(26)27)9-14(15)18(19,20)21/h3-10H,1-2H3,(H,22,24)/t10-/m0/s1. The Bertz CT molecular complexity index is 945. The van der Waals surface area contributed by atoms with Gasteiger partial charge < -0.3 is 14.8 Å². The van der Waals surface area contributed by atoms with Crippen molar-refractivity contribution in [1.29, 1.82) is 0 Å². The predicted octanol–water partition coefficient (Wildman–Crippen LogP) is 3.81. The number of carbonyl (C=O) groups excluding carboxylic acids is 2. The lowest BCUT2D eigenvalue weighted by Gasteiger charge is -2.17. The molecule has 154 valence electrons. The molecule has 0 saturated carbocycles. The van der Waals surface area contributed by atoms with Gasteiger partial charge in [-0.2, -0.15) is 13.2 Å². The zero-order valence-corrected chi connectivity index (χ0v) is 15.1. The number of methoxy groups -OCH3 is 1. The molecule has 1 atom stereocenters. The fraction of sp³-hybridized carbons (Fsp3) is 0.222. The lowest BCUT2D eigenvalue weighted by atomic mass is 10.1. The fourth-order valence-electron chi connectivity index (χ4n) is 2.26. The molecule has 0 spiro atoms. The largest absolute Gasteiger partial charge is 0.497 e. The van der Waals surface area contributed by atoms with E-state index >= 15 is 0 Å². The van der Waals surface area contributed by atoms with Crippen LogP contribution in [0.5, 0.6) is 5.75 Å². The van der Waals surface area contributed by atoms with E-state index in [4.69, 9.17) is 9.47 Å². The number of nitro benzene ring substituents is 1. The Balaban J connectivity index is 2.16. The Morgan fingerprint density at radius 1 is 1.17 bits per heavy atom. The molecule has 0 radical (unpaired) electrons. The van der Waals surface area contributed by atoms with Crippen molar-refractivity contribution >= 4 is 23.3 Å². The molecular weight excluding hydrogens is 397 g/mol. The van der Waals surface area contributed by atoms with Crippen LogP contribution in [0, 0.1) is 10.1 Å². The number of nitro groups is 1. The van der Waals surface area contributed by atoms with Crippen molar-refractivity contribution in [2.75, 3.05) is 12.4 Å². The van der Waals surface area contributed by atoms with Gasteiger partial charge in [-0.3, -0.25) is 14.9 Å². The molecule has 1 amide bonds. The molecular formula is C18H15F3N2O6. The molecule has 0 aromatic heterocycles. The molecule has 8 nitrogen and oxygen atoms in total. The van der Waals surface area contributed by atoms with E-state index in [1.807, 2.05) is 5.32 Å². The lowest BCUT2D eigenvalue weighted by molar-refractivity contribution is -0.385. The van der Waals surface area contributed by atoms with Crippen LogP contribution in [-0.4, -0.2) is 30.0 Å². The Morgan fingerprint density at radius 3 is 2.45 bits per heavy atom. The molecule has 0 bridgehead atoms. The number of non-ortho nitro benzene ring substituents is 1. The Hall–Kier alpha value is -3.63. The summed E-state index contributed by atoms with van der Waals surface area (Å²) >= 11 is 0. The molecule has 0 unspecified atom stereocenters. The first-order valence-electron chi connectivity index (χ1n) is 8.04. The molecule has 0 aliphatic carbocycles. The average molecular weight is 412 g/mol. The minimum atomic E-state index is -4.95. The van der Waals surface area contributed by atoms with Crippen molar-refractivity contribution in [3.63, 3.8) is 0 Å². The summed E-state index contributed by atoms with van der Waals surface area (Å²) in [5.74, 6) is -1.55. The van der Waals surface area contributed by atoms with Crippen LogP contribution in [0.1, 0.15) is 22.8 Å². The van der Waals surface area contributed by atoms with Crippen molar-refractivity contribution in [2.45, 2.75) is 19.2 Å². The Morgan fingerprint density at radius 2 is 1.86 bits per heavy atom. The molecule has 2 aromatic rings. The highest BCUT2D eigenvalue weighted by Gasteiger charge is 2.36. The van der Waals surface area contributed by atoms with Crippen molar-refractivity contribution < 1.29 is 37.2 Å². The van der Waals surface area contributed by atoms with E-state index in [0.717, 1.165) is 12.1 Å². The molecule has 2 aromatic carbocycles. The van der Waals surface area contributed by atoms with Crippen LogP contribution in [0.3, 0.4) is 0 Å². The van der Waals surface area contributed by atoms with Crippen molar-refractivity contribution in [3.05, 3.63) is 63.7 Å². The second kappa shape index (κ2) is 8.59. The van der Waals surface area contributed by atoms with E-state index in [-0.39, 0.29) is 5.56 Å². The van der Waals surface area contributed by atoms with Crippen LogP contribution in [-0.2, 0) is 15.7 Å². The van der Waals surface area contributed by atoms with E-state index in [0.29, 0.717) is 11.8 Å². The number of halogens is 3. The maximum absolute atomic E-state index is 13.2. The zero-order chi connectivity index (χ0) is 21.8. The van der Waals surface area contributed by atoms with Gasteiger partial charge in [0.05, 0.1) is 28.8 Å². The number of nitrogens with zero attached hydrogens (tertiary/aromatic N) is 1. The molecule has 29 heavy (non-hydrogen) atoms. The molecule has 1 N–H and O–H groups in total.